The van der Waals surface area contributed by atoms with Crippen molar-refractivity contribution in [1.29, 1.82) is 0 Å². The molecule has 0 bridgehead atoms. The molecule has 0 saturated heterocycles. The first-order chi connectivity index (χ1) is 15.4. The van der Waals surface area contributed by atoms with Crippen molar-refractivity contribution in [3.05, 3.63) is 41.5 Å². The lowest BCUT2D eigenvalue weighted by Crippen LogP contribution is -2.47. The van der Waals surface area contributed by atoms with Crippen LogP contribution in [0.1, 0.15) is 28.4 Å². The van der Waals surface area contributed by atoms with Crippen LogP contribution in [-0.2, 0) is 4.79 Å². The molecule has 2 aromatic rings. The number of benzene rings is 2. The van der Waals surface area contributed by atoms with Crippen LogP contribution >= 0.6 is 0 Å². The molecule has 2 amide bonds. The van der Waals surface area contributed by atoms with Gasteiger partial charge < -0.3 is 23.7 Å². The number of aliphatic imine (C=N–C) groups is 1. The van der Waals surface area contributed by atoms with Crippen molar-refractivity contribution < 1.29 is 33.3 Å². The molecule has 170 valence electrons. The van der Waals surface area contributed by atoms with E-state index in [1.54, 1.807) is 18.2 Å². The number of ether oxygens (including phenoxy) is 5. The number of rotatable bonds is 7. The number of amides is 2. The number of para-hydroxylation sites is 1. The van der Waals surface area contributed by atoms with E-state index in [1.807, 2.05) is 0 Å². The molecule has 0 aromatic heterocycles. The monoisotopic (exact) mass is 443 g/mol. The van der Waals surface area contributed by atoms with E-state index in [9.17, 15) is 9.59 Å². The fourth-order valence-electron chi connectivity index (χ4n) is 3.40. The van der Waals surface area contributed by atoms with Crippen LogP contribution in [0.5, 0.6) is 28.7 Å². The third-order valence-corrected chi connectivity index (χ3v) is 4.87. The van der Waals surface area contributed by atoms with Gasteiger partial charge in [0.2, 0.25) is 17.6 Å². The summed E-state index contributed by atoms with van der Waals surface area (Å²) in [5.74, 6) is 1.23. The highest BCUT2D eigenvalue weighted by atomic mass is 16.5. The molecule has 1 heterocycles. The van der Waals surface area contributed by atoms with Crippen LogP contribution in [0.25, 0.3) is 0 Å². The molecule has 2 aromatic carbocycles. The van der Waals surface area contributed by atoms with Gasteiger partial charge in [-0.05, 0) is 18.2 Å². The molecular formula is C22H25N3O7. The summed E-state index contributed by atoms with van der Waals surface area (Å²) < 4.78 is 26.6. The number of carbonyl (C=O) groups is 2. The highest BCUT2D eigenvalue weighted by Gasteiger charge is 2.27. The van der Waals surface area contributed by atoms with E-state index in [-0.39, 0.29) is 23.9 Å². The van der Waals surface area contributed by atoms with E-state index in [0.717, 1.165) is 0 Å². The molecule has 3 rings (SSSR count). The van der Waals surface area contributed by atoms with Crippen molar-refractivity contribution in [2.45, 2.75) is 12.5 Å². The second kappa shape index (κ2) is 9.90. The van der Waals surface area contributed by atoms with Crippen molar-refractivity contribution in [2.75, 3.05) is 35.5 Å². The van der Waals surface area contributed by atoms with Crippen molar-refractivity contribution in [2.24, 2.45) is 4.99 Å². The molecule has 0 saturated carbocycles. The number of guanidine groups is 1. The van der Waals surface area contributed by atoms with Gasteiger partial charge in [0, 0.05) is 11.1 Å². The Kier molecular flexibility index (Phi) is 7.04. The quantitative estimate of drug-likeness (QED) is 0.673. The molecule has 1 atom stereocenters. The van der Waals surface area contributed by atoms with Crippen LogP contribution in [0, 0.1) is 0 Å². The normalized spacial score (nSPS) is 15.2. The summed E-state index contributed by atoms with van der Waals surface area (Å²) in [7, 11) is 7.43. The van der Waals surface area contributed by atoms with E-state index in [4.69, 9.17) is 23.7 Å². The highest BCUT2D eigenvalue weighted by molar-refractivity contribution is 6.11. The first-order valence-electron chi connectivity index (χ1n) is 9.65. The zero-order valence-electron chi connectivity index (χ0n) is 18.5. The maximum atomic E-state index is 12.9. The number of hydrogen-bond acceptors (Lipinski definition) is 8. The first kappa shape index (κ1) is 22.7. The second-order valence-electron chi connectivity index (χ2n) is 6.70. The van der Waals surface area contributed by atoms with Gasteiger partial charge in [-0.25, -0.2) is 4.99 Å². The first-order valence-corrected chi connectivity index (χ1v) is 9.65. The van der Waals surface area contributed by atoms with E-state index in [0.29, 0.717) is 34.3 Å². The Bertz CT molecular complexity index is 1030. The minimum Gasteiger partial charge on any atom is -0.493 e. The molecule has 1 aliphatic rings. The van der Waals surface area contributed by atoms with Crippen LogP contribution in [0.2, 0.25) is 0 Å². The van der Waals surface area contributed by atoms with E-state index in [2.05, 4.69) is 15.6 Å². The summed E-state index contributed by atoms with van der Waals surface area (Å²) in [5.41, 5.74) is 0.902. The maximum Gasteiger partial charge on any atom is 0.258 e. The van der Waals surface area contributed by atoms with Gasteiger partial charge in [0.15, 0.2) is 23.0 Å². The number of hydrogen-bond donors (Lipinski definition) is 2. The molecule has 0 aliphatic carbocycles. The summed E-state index contributed by atoms with van der Waals surface area (Å²) >= 11 is 0. The Labute approximate surface area is 185 Å². The Morgan fingerprint density at radius 2 is 1.56 bits per heavy atom. The van der Waals surface area contributed by atoms with E-state index in [1.165, 1.54) is 47.7 Å². The Balaban J connectivity index is 1.91. The van der Waals surface area contributed by atoms with E-state index < -0.39 is 11.9 Å². The van der Waals surface area contributed by atoms with Gasteiger partial charge in [-0.1, -0.05) is 12.1 Å². The molecule has 1 unspecified atom stereocenters. The summed E-state index contributed by atoms with van der Waals surface area (Å²) in [4.78, 5) is 29.7. The molecule has 1 aliphatic heterocycles. The van der Waals surface area contributed by atoms with Crippen molar-refractivity contribution >= 4 is 17.8 Å². The van der Waals surface area contributed by atoms with Crippen LogP contribution < -0.4 is 34.3 Å². The SMILES string of the molecule is COc1cc(C(=O)NC2=NC(c3cccc(OC)c3OC)CC(=O)N2)cc(OC)c1OC. The Hall–Kier alpha value is -3.95. The second-order valence-corrected chi connectivity index (χ2v) is 6.70. The molecule has 10 nitrogen and oxygen atoms in total. The summed E-state index contributed by atoms with van der Waals surface area (Å²) in [6.45, 7) is 0. The van der Waals surface area contributed by atoms with Gasteiger partial charge in [0.1, 0.15) is 0 Å². The molecular weight excluding hydrogens is 418 g/mol. The number of methoxy groups -OCH3 is 5. The predicted molar refractivity (Wildman–Crippen MR) is 116 cm³/mol. The molecule has 32 heavy (non-hydrogen) atoms. The highest BCUT2D eigenvalue weighted by Crippen LogP contribution is 2.39. The van der Waals surface area contributed by atoms with Crippen LogP contribution in [0.4, 0.5) is 0 Å². The fraction of sp³-hybridized carbons (Fsp3) is 0.318. The van der Waals surface area contributed by atoms with Crippen LogP contribution in [0.15, 0.2) is 35.3 Å². The lowest BCUT2D eigenvalue weighted by Gasteiger charge is -2.23. The number of carbonyl (C=O) groups excluding carboxylic acids is 2. The van der Waals surface area contributed by atoms with Crippen LogP contribution in [-0.4, -0.2) is 53.3 Å². The van der Waals surface area contributed by atoms with Gasteiger partial charge >= 0.3 is 0 Å². The minimum atomic E-state index is -0.566. The molecule has 0 radical (unpaired) electrons. The molecule has 0 spiro atoms. The van der Waals surface area contributed by atoms with Gasteiger partial charge in [-0.3, -0.25) is 20.2 Å². The minimum absolute atomic E-state index is 0.0230. The van der Waals surface area contributed by atoms with E-state index >= 15 is 0 Å². The van der Waals surface area contributed by atoms with Gasteiger partial charge in [-0.15, -0.1) is 0 Å². The third-order valence-electron chi connectivity index (χ3n) is 4.87. The Morgan fingerprint density at radius 3 is 2.12 bits per heavy atom. The van der Waals surface area contributed by atoms with Gasteiger partial charge in [0.25, 0.3) is 5.91 Å². The lowest BCUT2D eigenvalue weighted by atomic mass is 10.0. The largest absolute Gasteiger partial charge is 0.493 e. The molecule has 10 heteroatoms. The summed E-state index contributed by atoms with van der Waals surface area (Å²) in [6, 6.07) is 7.78. The number of nitrogens with one attached hydrogen (secondary N) is 2. The molecule has 2 N–H and O–H groups in total. The smallest absolute Gasteiger partial charge is 0.258 e. The third kappa shape index (κ3) is 4.53. The maximum absolute atomic E-state index is 12.9. The lowest BCUT2D eigenvalue weighted by molar-refractivity contribution is -0.120. The van der Waals surface area contributed by atoms with Crippen molar-refractivity contribution in [1.82, 2.24) is 10.6 Å². The van der Waals surface area contributed by atoms with Crippen molar-refractivity contribution in [3.8, 4) is 28.7 Å². The average molecular weight is 443 g/mol. The van der Waals surface area contributed by atoms with Crippen molar-refractivity contribution in [3.63, 3.8) is 0 Å². The standard InChI is InChI=1S/C22H25N3O7/c1-28-15-8-6-7-13(19(15)31-4)14-11-18(26)24-22(23-14)25-21(27)12-9-16(29-2)20(32-5)17(10-12)30-3/h6-10,14H,11H2,1-5H3,(H2,23,24,25,26,27). The van der Waals surface area contributed by atoms with Crippen LogP contribution in [0.3, 0.4) is 0 Å². The predicted octanol–water partition coefficient (Wildman–Crippen LogP) is 2.08. The summed E-state index contributed by atoms with van der Waals surface area (Å²) in [6.07, 6.45) is 0.0904. The topological polar surface area (TPSA) is 117 Å². The molecule has 0 fully saturated rings. The number of nitrogens with zero attached hydrogens (tertiary/aromatic N) is 1. The zero-order chi connectivity index (χ0) is 23.3. The Morgan fingerprint density at radius 1 is 0.938 bits per heavy atom. The van der Waals surface area contributed by atoms with Gasteiger partial charge in [0.05, 0.1) is 48.0 Å². The van der Waals surface area contributed by atoms with Gasteiger partial charge in [-0.2, -0.15) is 0 Å². The average Bonchev–Trinajstić information content (AvgIpc) is 2.81. The zero-order valence-corrected chi connectivity index (χ0v) is 18.5. The summed E-state index contributed by atoms with van der Waals surface area (Å²) in [5, 5.41) is 5.21. The fourth-order valence-corrected chi connectivity index (χ4v) is 3.40.